The largest absolute Gasteiger partial charge is 0.339 e. The van der Waals surface area contributed by atoms with Crippen molar-refractivity contribution in [2.45, 2.75) is 50.0 Å². The van der Waals surface area contributed by atoms with Crippen LogP contribution in [0.25, 0.3) is 0 Å². The average Bonchev–Trinajstić information content (AvgIpc) is 2.96. The summed E-state index contributed by atoms with van der Waals surface area (Å²) in [4.78, 5) is 4.57. The Labute approximate surface area is 107 Å². The zero-order chi connectivity index (χ0) is 12.3. The van der Waals surface area contributed by atoms with Crippen molar-refractivity contribution in [1.82, 2.24) is 15.5 Å². The lowest BCUT2D eigenvalue weighted by atomic mass is 9.84. The second-order valence-corrected chi connectivity index (χ2v) is 6.50. The molecule has 2 rings (SSSR count). The Morgan fingerprint density at radius 2 is 2.35 bits per heavy atom. The van der Waals surface area contributed by atoms with Crippen LogP contribution in [0, 0.1) is 0 Å². The van der Waals surface area contributed by atoms with E-state index in [0.717, 1.165) is 43.4 Å². The third-order valence-corrected chi connectivity index (χ3v) is 4.48. The summed E-state index contributed by atoms with van der Waals surface area (Å²) in [7, 11) is 0. The molecule has 0 amide bonds. The van der Waals surface area contributed by atoms with Gasteiger partial charge in [-0.3, -0.25) is 0 Å². The maximum atomic E-state index is 5.46. The zero-order valence-corrected chi connectivity index (χ0v) is 11.6. The molecule has 0 spiro atoms. The van der Waals surface area contributed by atoms with Gasteiger partial charge in [0.25, 0.3) is 0 Å². The van der Waals surface area contributed by atoms with Gasteiger partial charge in [-0.05, 0) is 24.6 Å². The highest BCUT2D eigenvalue weighted by Crippen LogP contribution is 2.33. The van der Waals surface area contributed by atoms with Crippen molar-refractivity contribution in [3.8, 4) is 0 Å². The molecule has 0 saturated carbocycles. The van der Waals surface area contributed by atoms with Crippen molar-refractivity contribution >= 4 is 11.8 Å². The Bertz CT molecular complexity index is 358. The number of rotatable bonds is 5. The fourth-order valence-corrected chi connectivity index (χ4v) is 2.75. The van der Waals surface area contributed by atoms with Crippen molar-refractivity contribution in [1.29, 1.82) is 0 Å². The molecule has 17 heavy (non-hydrogen) atoms. The Morgan fingerprint density at radius 1 is 1.53 bits per heavy atom. The van der Waals surface area contributed by atoms with Crippen LogP contribution in [0.4, 0.5) is 0 Å². The molecule has 1 aromatic heterocycles. The summed E-state index contributed by atoms with van der Waals surface area (Å²) in [5, 5.41) is 8.08. The molecule has 4 nitrogen and oxygen atoms in total. The second kappa shape index (κ2) is 5.40. The van der Waals surface area contributed by atoms with Crippen molar-refractivity contribution in [3.63, 3.8) is 0 Å². The topological polar surface area (TPSA) is 51.0 Å². The molecule has 1 N–H and O–H groups in total. The number of nitrogens with one attached hydrogen (secondary N) is 1. The molecule has 0 bridgehead atoms. The molecule has 1 saturated heterocycles. The fourth-order valence-electron chi connectivity index (χ4n) is 2.15. The van der Waals surface area contributed by atoms with Crippen molar-refractivity contribution < 1.29 is 4.52 Å². The molecule has 0 radical (unpaired) electrons. The molecular formula is C12H21N3OS. The van der Waals surface area contributed by atoms with E-state index in [1.807, 2.05) is 11.8 Å². The van der Waals surface area contributed by atoms with Crippen molar-refractivity contribution in [2.24, 2.45) is 0 Å². The Hall–Kier alpha value is -0.550. The van der Waals surface area contributed by atoms with Crippen LogP contribution in [0.5, 0.6) is 0 Å². The van der Waals surface area contributed by atoms with E-state index in [2.05, 4.69) is 36.2 Å². The van der Waals surface area contributed by atoms with Gasteiger partial charge in [0.15, 0.2) is 5.82 Å². The average molecular weight is 255 g/mol. The summed E-state index contributed by atoms with van der Waals surface area (Å²) < 4.78 is 5.46. The molecule has 5 heteroatoms. The van der Waals surface area contributed by atoms with Gasteiger partial charge in [0, 0.05) is 6.54 Å². The third kappa shape index (κ3) is 2.83. The summed E-state index contributed by atoms with van der Waals surface area (Å²) in [6.45, 7) is 8.56. The summed E-state index contributed by atoms with van der Waals surface area (Å²) in [6.07, 6.45) is 2.15. The smallest absolute Gasteiger partial charge is 0.234 e. The number of thioether (sulfide) groups is 1. The molecule has 96 valence electrons. The van der Waals surface area contributed by atoms with E-state index in [0.29, 0.717) is 5.25 Å². The van der Waals surface area contributed by atoms with Crippen LogP contribution >= 0.6 is 11.8 Å². The van der Waals surface area contributed by atoms with E-state index in [9.17, 15) is 0 Å². The van der Waals surface area contributed by atoms with Gasteiger partial charge in [-0.2, -0.15) is 16.7 Å². The van der Waals surface area contributed by atoms with Crippen LogP contribution in [-0.2, 0) is 11.2 Å². The highest BCUT2D eigenvalue weighted by molar-refractivity contribution is 7.99. The van der Waals surface area contributed by atoms with E-state index in [4.69, 9.17) is 4.52 Å². The van der Waals surface area contributed by atoms with Gasteiger partial charge in [0.05, 0.1) is 11.2 Å². The quantitative estimate of drug-likeness (QED) is 0.875. The summed E-state index contributed by atoms with van der Waals surface area (Å²) >= 11 is 1.85. The Balaban J connectivity index is 2.06. The van der Waals surface area contributed by atoms with Gasteiger partial charge >= 0.3 is 0 Å². The molecule has 2 heterocycles. The number of aromatic nitrogens is 2. The first kappa shape index (κ1) is 12.9. The fraction of sp³-hybridized carbons (Fsp3) is 0.833. The highest BCUT2D eigenvalue weighted by atomic mass is 32.2. The minimum Gasteiger partial charge on any atom is -0.339 e. The minimum atomic E-state index is 0.0771. The lowest BCUT2D eigenvalue weighted by Gasteiger charge is -2.20. The molecular weight excluding hydrogens is 234 g/mol. The number of hydrogen-bond donors (Lipinski definition) is 1. The second-order valence-electron chi connectivity index (χ2n) is 4.94. The maximum absolute atomic E-state index is 5.46. The van der Waals surface area contributed by atoms with E-state index in [1.165, 1.54) is 0 Å². The first-order valence-corrected chi connectivity index (χ1v) is 7.36. The number of nitrogens with zero attached hydrogens (tertiary/aromatic N) is 2. The first-order chi connectivity index (χ1) is 8.16. The van der Waals surface area contributed by atoms with Crippen LogP contribution < -0.4 is 5.32 Å². The van der Waals surface area contributed by atoms with Crippen molar-refractivity contribution in [3.05, 3.63) is 11.7 Å². The lowest BCUT2D eigenvalue weighted by Crippen LogP contribution is -2.28. The van der Waals surface area contributed by atoms with Crippen LogP contribution in [-0.4, -0.2) is 28.5 Å². The van der Waals surface area contributed by atoms with Gasteiger partial charge in [0.1, 0.15) is 0 Å². The van der Waals surface area contributed by atoms with Gasteiger partial charge in [-0.1, -0.05) is 25.9 Å². The van der Waals surface area contributed by atoms with Crippen molar-refractivity contribution in [2.75, 3.05) is 13.1 Å². The highest BCUT2D eigenvalue weighted by Gasteiger charge is 2.39. The first-order valence-electron chi connectivity index (χ1n) is 6.32. The van der Waals surface area contributed by atoms with Gasteiger partial charge in [0.2, 0.25) is 5.89 Å². The van der Waals surface area contributed by atoms with Gasteiger partial charge < -0.3 is 9.84 Å². The maximum Gasteiger partial charge on any atom is 0.234 e. The predicted molar refractivity (Wildman–Crippen MR) is 70.2 cm³/mol. The Morgan fingerprint density at radius 3 is 2.94 bits per heavy atom. The molecule has 1 fully saturated rings. The van der Waals surface area contributed by atoms with Crippen LogP contribution in [0.1, 0.15) is 45.3 Å². The van der Waals surface area contributed by atoms with Crippen LogP contribution in [0.2, 0.25) is 0 Å². The summed E-state index contributed by atoms with van der Waals surface area (Å²) in [5.74, 6) is 2.50. The molecule has 1 aromatic rings. The normalized spacial score (nSPS) is 24.7. The monoisotopic (exact) mass is 255 g/mol. The van der Waals surface area contributed by atoms with E-state index in [1.54, 1.807) is 0 Å². The molecule has 1 aliphatic heterocycles. The number of hydrogen-bond acceptors (Lipinski definition) is 5. The van der Waals surface area contributed by atoms with E-state index >= 15 is 0 Å². The van der Waals surface area contributed by atoms with Gasteiger partial charge in [-0.25, -0.2) is 0 Å². The van der Waals surface area contributed by atoms with Crippen LogP contribution in [0.3, 0.4) is 0 Å². The SMILES string of the molecule is CCC1(c2nc(CSC(C)C)no2)CCNC1. The van der Waals surface area contributed by atoms with Crippen LogP contribution in [0.15, 0.2) is 4.52 Å². The summed E-state index contributed by atoms with van der Waals surface area (Å²) in [5.41, 5.74) is 0.0771. The molecule has 1 aliphatic rings. The molecule has 1 unspecified atom stereocenters. The van der Waals surface area contributed by atoms with E-state index in [-0.39, 0.29) is 5.41 Å². The molecule has 0 aromatic carbocycles. The lowest BCUT2D eigenvalue weighted by molar-refractivity contribution is 0.284. The Kier molecular flexibility index (Phi) is 4.09. The zero-order valence-electron chi connectivity index (χ0n) is 10.8. The van der Waals surface area contributed by atoms with E-state index < -0.39 is 0 Å². The molecule has 1 atom stereocenters. The minimum absolute atomic E-state index is 0.0771. The predicted octanol–water partition coefficient (Wildman–Crippen LogP) is 2.35. The standard InChI is InChI=1S/C12H21N3OS/c1-4-12(5-6-13-8-12)11-14-10(15-16-11)7-17-9(2)3/h9,13H,4-8H2,1-3H3. The van der Waals surface area contributed by atoms with Gasteiger partial charge in [-0.15, -0.1) is 0 Å². The summed E-state index contributed by atoms with van der Waals surface area (Å²) in [6, 6.07) is 0. The third-order valence-electron chi connectivity index (χ3n) is 3.39. The molecule has 0 aliphatic carbocycles.